The van der Waals surface area contributed by atoms with Crippen molar-refractivity contribution >= 4 is 20.6 Å². The quantitative estimate of drug-likeness (QED) is 0.569. The Morgan fingerprint density at radius 2 is 1.60 bits per heavy atom. The average molecular weight is 451 g/mol. The summed E-state index contributed by atoms with van der Waals surface area (Å²) in [4.78, 5) is 15.3. The Morgan fingerprint density at radius 3 is 2.17 bits per heavy atom. The monoisotopic (exact) mass is 451 g/mol. The van der Waals surface area contributed by atoms with E-state index in [1.165, 1.54) is 6.92 Å². The molecule has 0 aliphatic heterocycles. The molecule has 0 N–H and O–H groups in total. The first kappa shape index (κ1) is 21.7. The minimum absolute atomic E-state index is 0.183. The van der Waals surface area contributed by atoms with Crippen molar-refractivity contribution < 1.29 is 34.8 Å². The lowest BCUT2D eigenvalue weighted by Gasteiger charge is -2.14. The number of hydrogen-bond acceptors (Lipinski definition) is 5. The lowest BCUT2D eigenvalue weighted by Crippen LogP contribution is -2.25. The third-order valence-corrected chi connectivity index (χ3v) is 5.92. The van der Waals surface area contributed by atoms with Crippen LogP contribution in [0.5, 0.6) is 0 Å². The second kappa shape index (κ2) is 7.07. The van der Waals surface area contributed by atoms with Crippen LogP contribution in [-0.2, 0) is 22.2 Å². The predicted molar refractivity (Wildman–Crippen MR) is 92.9 cm³/mol. The maximum Gasteiger partial charge on any atom is 0.417 e. The molecule has 0 saturated heterocycles. The van der Waals surface area contributed by atoms with E-state index in [2.05, 4.69) is 10.1 Å². The molecule has 2 heterocycles. The van der Waals surface area contributed by atoms with Gasteiger partial charge >= 0.3 is 12.4 Å². The van der Waals surface area contributed by atoms with Gasteiger partial charge in [-0.1, -0.05) is 6.92 Å². The molecule has 3 aromatic rings. The summed E-state index contributed by atoms with van der Waals surface area (Å²) in [6.07, 6.45) is -8.34. The zero-order chi connectivity index (χ0) is 22.5. The summed E-state index contributed by atoms with van der Waals surface area (Å²) in [7, 11) is -4.27. The second-order valence-electron chi connectivity index (χ2n) is 6.11. The Hall–Kier alpha value is -2.96. The maximum absolute atomic E-state index is 13.0. The number of rotatable bonds is 3. The van der Waals surface area contributed by atoms with E-state index in [9.17, 15) is 39.6 Å². The number of nitrogens with zero attached hydrogens (tertiary/aromatic N) is 3. The summed E-state index contributed by atoms with van der Waals surface area (Å²) in [5.74, 6) is -1.27. The lowest BCUT2D eigenvalue weighted by atomic mass is 10.1. The number of hydrogen-bond donors (Lipinski definition) is 0. The fraction of sp³-hybridized carbons (Fsp3) is 0.235. The van der Waals surface area contributed by atoms with Gasteiger partial charge in [0.2, 0.25) is 0 Å². The molecule has 0 aliphatic carbocycles. The molecular weight excluding hydrogens is 440 g/mol. The first-order valence-electron chi connectivity index (χ1n) is 8.15. The van der Waals surface area contributed by atoms with Gasteiger partial charge in [0.1, 0.15) is 4.90 Å². The van der Waals surface area contributed by atoms with Gasteiger partial charge in [-0.25, -0.2) is 13.4 Å². The summed E-state index contributed by atoms with van der Waals surface area (Å²) >= 11 is 0. The number of alkyl halides is 6. The third kappa shape index (κ3) is 3.88. The molecule has 2 aromatic heterocycles. The number of aromatic nitrogens is 3. The van der Waals surface area contributed by atoms with Crippen molar-refractivity contribution in [2.24, 2.45) is 0 Å². The normalized spacial score (nSPS) is 13.0. The zero-order valence-electron chi connectivity index (χ0n) is 14.9. The molecule has 6 nitrogen and oxygen atoms in total. The largest absolute Gasteiger partial charge is 0.417 e. The van der Waals surface area contributed by atoms with Crippen molar-refractivity contribution in [3.8, 4) is 5.82 Å². The molecule has 0 aliphatic rings. The molecule has 0 saturated carbocycles. The van der Waals surface area contributed by atoms with Crippen LogP contribution in [0.1, 0.15) is 18.1 Å². The van der Waals surface area contributed by atoms with Crippen LogP contribution in [0.4, 0.5) is 26.3 Å². The van der Waals surface area contributed by atoms with E-state index in [1.807, 2.05) is 0 Å². The van der Waals surface area contributed by atoms with Crippen LogP contribution in [0.15, 0.2) is 46.3 Å². The number of sulfone groups is 1. The Morgan fingerprint density at radius 1 is 0.967 bits per heavy atom. The van der Waals surface area contributed by atoms with Gasteiger partial charge in [0.25, 0.3) is 5.56 Å². The van der Waals surface area contributed by atoms with Crippen molar-refractivity contribution in [2.75, 3.05) is 5.75 Å². The summed E-state index contributed by atoms with van der Waals surface area (Å²) in [6.45, 7) is 1.19. The molecule has 30 heavy (non-hydrogen) atoms. The molecule has 0 radical (unpaired) electrons. The summed E-state index contributed by atoms with van der Waals surface area (Å²) < 4.78 is 103. The lowest BCUT2D eigenvalue weighted by molar-refractivity contribution is -0.138. The highest BCUT2D eigenvalue weighted by atomic mass is 32.2. The van der Waals surface area contributed by atoms with Crippen molar-refractivity contribution in [3.05, 3.63) is 58.1 Å². The Bertz CT molecular complexity index is 1300. The molecule has 13 heteroatoms. The van der Waals surface area contributed by atoms with Gasteiger partial charge in [-0.2, -0.15) is 36.1 Å². The van der Waals surface area contributed by atoms with Gasteiger partial charge < -0.3 is 0 Å². The summed E-state index contributed by atoms with van der Waals surface area (Å²) in [5, 5.41) is 3.20. The number of fused-ring (bicyclic) bond motifs is 1. The molecule has 0 unspecified atom stereocenters. The molecule has 0 spiro atoms. The Balaban J connectivity index is 2.30. The SMILES string of the molecule is CCS(=O)(=O)c1cc(C(F)(F)F)cnc1-n1ncc2cc(C(F)(F)F)ccc2c1=O. The van der Waals surface area contributed by atoms with Crippen LogP contribution in [0, 0.1) is 0 Å². The Labute approximate surface area is 164 Å². The summed E-state index contributed by atoms with van der Waals surface area (Å²) in [6, 6.07) is 2.54. The smallest absolute Gasteiger partial charge is 0.267 e. The van der Waals surface area contributed by atoms with Gasteiger partial charge in [-0.15, -0.1) is 0 Å². The van der Waals surface area contributed by atoms with Crippen LogP contribution in [0.3, 0.4) is 0 Å². The molecule has 160 valence electrons. The van der Waals surface area contributed by atoms with E-state index in [4.69, 9.17) is 0 Å². The molecule has 0 fully saturated rings. The van der Waals surface area contributed by atoms with E-state index in [-0.39, 0.29) is 10.8 Å². The van der Waals surface area contributed by atoms with E-state index in [1.54, 1.807) is 0 Å². The third-order valence-electron chi connectivity index (χ3n) is 4.19. The second-order valence-corrected chi connectivity index (χ2v) is 8.35. The topological polar surface area (TPSA) is 81.9 Å². The maximum atomic E-state index is 13.0. The minimum Gasteiger partial charge on any atom is -0.267 e. The highest BCUT2D eigenvalue weighted by molar-refractivity contribution is 7.91. The standard InChI is InChI=1S/C17H11F6N3O3S/c1-2-30(28,29)13-6-11(17(21,22)23)8-24-14(13)26-15(27)12-4-3-10(16(18,19)20)5-9(12)7-25-26/h3-8H,2H2,1H3. The summed E-state index contributed by atoms with van der Waals surface area (Å²) in [5.41, 5.74) is -3.42. The fourth-order valence-electron chi connectivity index (χ4n) is 2.61. The van der Waals surface area contributed by atoms with E-state index in [0.29, 0.717) is 29.1 Å². The Kier molecular flexibility index (Phi) is 5.13. The average Bonchev–Trinajstić information content (AvgIpc) is 2.66. The van der Waals surface area contributed by atoms with E-state index >= 15 is 0 Å². The van der Waals surface area contributed by atoms with Crippen LogP contribution in [-0.4, -0.2) is 28.9 Å². The molecular formula is C17H11F6N3O3S. The number of halogens is 6. The van der Waals surface area contributed by atoms with Crippen LogP contribution < -0.4 is 5.56 Å². The first-order valence-corrected chi connectivity index (χ1v) is 9.80. The molecule has 0 atom stereocenters. The van der Waals surface area contributed by atoms with Gasteiger partial charge in [0, 0.05) is 11.6 Å². The van der Waals surface area contributed by atoms with E-state index < -0.39 is 55.3 Å². The number of benzene rings is 1. The fourth-order valence-corrected chi connectivity index (χ4v) is 3.65. The van der Waals surface area contributed by atoms with Gasteiger partial charge in [-0.3, -0.25) is 4.79 Å². The van der Waals surface area contributed by atoms with Crippen molar-refractivity contribution in [3.63, 3.8) is 0 Å². The molecule has 1 aromatic carbocycles. The van der Waals surface area contributed by atoms with Crippen LogP contribution in [0.25, 0.3) is 16.6 Å². The van der Waals surface area contributed by atoms with E-state index in [0.717, 1.165) is 12.3 Å². The molecule has 3 rings (SSSR count). The van der Waals surface area contributed by atoms with Gasteiger partial charge in [-0.05, 0) is 24.3 Å². The predicted octanol–water partition coefficient (Wildman–Crippen LogP) is 3.61. The van der Waals surface area contributed by atoms with Gasteiger partial charge in [0.15, 0.2) is 15.7 Å². The zero-order valence-corrected chi connectivity index (χ0v) is 15.7. The van der Waals surface area contributed by atoms with Crippen molar-refractivity contribution in [1.82, 2.24) is 14.8 Å². The van der Waals surface area contributed by atoms with Gasteiger partial charge in [0.05, 0.1) is 28.5 Å². The highest BCUT2D eigenvalue weighted by Gasteiger charge is 2.34. The molecule has 0 bridgehead atoms. The minimum atomic E-state index is -4.89. The first-order chi connectivity index (χ1) is 13.8. The van der Waals surface area contributed by atoms with Crippen LogP contribution >= 0.6 is 0 Å². The number of pyridine rings is 1. The molecule has 0 amide bonds. The van der Waals surface area contributed by atoms with Crippen molar-refractivity contribution in [2.45, 2.75) is 24.2 Å². The van der Waals surface area contributed by atoms with Crippen molar-refractivity contribution in [1.29, 1.82) is 0 Å². The highest BCUT2D eigenvalue weighted by Crippen LogP contribution is 2.33. The van der Waals surface area contributed by atoms with Crippen LogP contribution in [0.2, 0.25) is 0 Å².